The lowest BCUT2D eigenvalue weighted by Gasteiger charge is -2.26. The molecular formula is C27H29N3O2. The van der Waals surface area contributed by atoms with E-state index in [9.17, 15) is 0 Å². The number of hydrogen-bond acceptors (Lipinski definition) is 4. The summed E-state index contributed by atoms with van der Waals surface area (Å²) in [5, 5.41) is 4.54. The maximum absolute atomic E-state index is 6.03. The first-order chi connectivity index (χ1) is 15.8. The predicted octanol–water partition coefficient (Wildman–Crippen LogP) is 4.59. The summed E-state index contributed by atoms with van der Waals surface area (Å²) < 4.78 is 13.8. The summed E-state index contributed by atoms with van der Waals surface area (Å²) in [6.45, 7) is 5.99. The number of fused-ring (bicyclic) bond motifs is 1. The van der Waals surface area contributed by atoms with Crippen molar-refractivity contribution in [3.8, 4) is 28.4 Å². The van der Waals surface area contributed by atoms with Crippen molar-refractivity contribution in [2.75, 3.05) is 46.4 Å². The van der Waals surface area contributed by atoms with Gasteiger partial charge in [-0.3, -0.25) is 4.90 Å². The number of benzene rings is 3. The molecule has 0 unspecified atom stereocenters. The predicted molar refractivity (Wildman–Crippen MR) is 130 cm³/mol. The summed E-state index contributed by atoms with van der Waals surface area (Å²) in [5.41, 5.74) is 4.59. The molecule has 5 rings (SSSR count). The zero-order valence-corrected chi connectivity index (χ0v) is 18.5. The fourth-order valence-corrected chi connectivity index (χ4v) is 4.34. The van der Waals surface area contributed by atoms with Gasteiger partial charge < -0.3 is 19.4 Å². The van der Waals surface area contributed by atoms with Crippen molar-refractivity contribution in [2.45, 2.75) is 0 Å². The van der Waals surface area contributed by atoms with Gasteiger partial charge in [-0.05, 0) is 54.1 Å². The molecule has 2 heterocycles. The van der Waals surface area contributed by atoms with Crippen molar-refractivity contribution in [1.29, 1.82) is 0 Å². The zero-order valence-electron chi connectivity index (χ0n) is 18.5. The standard InChI is InChI=1S/C27H29N3O2/c1-31-25-11-12-26-22(19-25)20-27(21-5-3-2-4-6-21)30(26)23-7-9-24(10-8-23)32-18-17-29-15-13-28-14-16-29/h2-12,19-20,28H,13-18H2,1H3. The molecule has 1 aromatic heterocycles. The second-order valence-corrected chi connectivity index (χ2v) is 8.09. The number of methoxy groups -OCH3 is 1. The van der Waals surface area contributed by atoms with Crippen LogP contribution in [0.4, 0.5) is 0 Å². The SMILES string of the molecule is COc1ccc2c(c1)cc(-c1ccccc1)n2-c1ccc(OCCN2CCNCC2)cc1. The van der Waals surface area contributed by atoms with E-state index < -0.39 is 0 Å². The van der Waals surface area contributed by atoms with Gasteiger partial charge in [0.1, 0.15) is 18.1 Å². The third kappa shape index (κ3) is 4.35. The second kappa shape index (κ2) is 9.47. The number of nitrogens with one attached hydrogen (secondary N) is 1. The molecule has 0 amide bonds. The van der Waals surface area contributed by atoms with Crippen LogP contribution in [0.15, 0.2) is 78.9 Å². The Labute approximate surface area is 189 Å². The maximum atomic E-state index is 6.03. The second-order valence-electron chi connectivity index (χ2n) is 8.09. The highest BCUT2D eigenvalue weighted by Gasteiger charge is 2.14. The fraction of sp³-hybridized carbons (Fsp3) is 0.259. The van der Waals surface area contributed by atoms with Crippen LogP contribution in [-0.4, -0.2) is 55.9 Å². The van der Waals surface area contributed by atoms with Gasteiger partial charge in [-0.25, -0.2) is 0 Å². The molecule has 0 spiro atoms. The Morgan fingerprint density at radius 1 is 0.844 bits per heavy atom. The summed E-state index contributed by atoms with van der Waals surface area (Å²) in [6.07, 6.45) is 0. The van der Waals surface area contributed by atoms with E-state index in [1.54, 1.807) is 7.11 Å². The van der Waals surface area contributed by atoms with Crippen LogP contribution < -0.4 is 14.8 Å². The lowest BCUT2D eigenvalue weighted by Crippen LogP contribution is -2.44. The van der Waals surface area contributed by atoms with Gasteiger partial charge in [0.05, 0.1) is 18.3 Å². The Hall–Kier alpha value is -3.28. The van der Waals surface area contributed by atoms with E-state index in [2.05, 4.69) is 81.5 Å². The van der Waals surface area contributed by atoms with E-state index in [4.69, 9.17) is 9.47 Å². The number of ether oxygens (including phenoxy) is 2. The Morgan fingerprint density at radius 2 is 1.59 bits per heavy atom. The number of nitrogens with zero attached hydrogens (tertiary/aromatic N) is 2. The molecule has 5 heteroatoms. The summed E-state index contributed by atoms with van der Waals surface area (Å²) in [6, 6.07) is 27.4. The molecule has 3 aromatic carbocycles. The number of piperazine rings is 1. The van der Waals surface area contributed by atoms with Crippen LogP contribution in [0.1, 0.15) is 0 Å². The van der Waals surface area contributed by atoms with Crippen LogP contribution in [0.2, 0.25) is 0 Å². The highest BCUT2D eigenvalue weighted by Crippen LogP contribution is 2.33. The van der Waals surface area contributed by atoms with Crippen molar-refractivity contribution in [3.63, 3.8) is 0 Å². The Balaban J connectivity index is 1.41. The number of aromatic nitrogens is 1. The van der Waals surface area contributed by atoms with Crippen LogP contribution in [-0.2, 0) is 0 Å². The minimum Gasteiger partial charge on any atom is -0.497 e. The summed E-state index contributed by atoms with van der Waals surface area (Å²) >= 11 is 0. The first kappa shape index (κ1) is 20.6. The largest absolute Gasteiger partial charge is 0.497 e. The smallest absolute Gasteiger partial charge is 0.119 e. The third-order valence-electron chi connectivity index (χ3n) is 6.06. The topological polar surface area (TPSA) is 38.7 Å². The fourth-order valence-electron chi connectivity index (χ4n) is 4.34. The minimum atomic E-state index is 0.709. The Bertz CT molecular complexity index is 1160. The van der Waals surface area contributed by atoms with Crippen LogP contribution in [0.5, 0.6) is 11.5 Å². The van der Waals surface area contributed by atoms with Gasteiger partial charge in [-0.2, -0.15) is 0 Å². The molecule has 5 nitrogen and oxygen atoms in total. The Morgan fingerprint density at radius 3 is 2.34 bits per heavy atom. The van der Waals surface area contributed by atoms with Gasteiger partial charge in [0.25, 0.3) is 0 Å². The monoisotopic (exact) mass is 427 g/mol. The van der Waals surface area contributed by atoms with Crippen molar-refractivity contribution in [3.05, 3.63) is 78.9 Å². The summed E-state index contributed by atoms with van der Waals surface area (Å²) in [4.78, 5) is 2.44. The molecule has 0 radical (unpaired) electrons. The van der Waals surface area contributed by atoms with Crippen LogP contribution in [0.3, 0.4) is 0 Å². The van der Waals surface area contributed by atoms with E-state index >= 15 is 0 Å². The molecule has 4 aromatic rings. The van der Waals surface area contributed by atoms with Crippen molar-refractivity contribution in [2.24, 2.45) is 0 Å². The minimum absolute atomic E-state index is 0.709. The van der Waals surface area contributed by atoms with Gasteiger partial charge in [-0.1, -0.05) is 30.3 Å². The maximum Gasteiger partial charge on any atom is 0.119 e. The molecule has 1 aliphatic rings. The first-order valence-electron chi connectivity index (χ1n) is 11.2. The molecule has 0 atom stereocenters. The highest BCUT2D eigenvalue weighted by molar-refractivity contribution is 5.90. The summed E-state index contributed by atoms with van der Waals surface area (Å²) in [5.74, 6) is 1.77. The van der Waals surface area contributed by atoms with Gasteiger partial charge in [-0.15, -0.1) is 0 Å². The highest BCUT2D eigenvalue weighted by atomic mass is 16.5. The summed E-state index contributed by atoms with van der Waals surface area (Å²) in [7, 11) is 1.71. The molecular weight excluding hydrogens is 398 g/mol. The number of rotatable bonds is 7. The number of hydrogen-bond donors (Lipinski definition) is 1. The molecule has 1 fully saturated rings. The quantitative estimate of drug-likeness (QED) is 0.468. The van der Waals surface area contributed by atoms with Crippen molar-refractivity contribution in [1.82, 2.24) is 14.8 Å². The van der Waals surface area contributed by atoms with Gasteiger partial charge in [0, 0.05) is 43.8 Å². The molecule has 32 heavy (non-hydrogen) atoms. The molecule has 0 aliphatic carbocycles. The Kier molecular flexibility index (Phi) is 6.10. The average Bonchev–Trinajstić information content (AvgIpc) is 3.24. The molecule has 0 saturated carbocycles. The van der Waals surface area contributed by atoms with E-state index in [1.807, 2.05) is 12.1 Å². The normalized spacial score (nSPS) is 14.5. The van der Waals surface area contributed by atoms with E-state index in [-0.39, 0.29) is 0 Å². The van der Waals surface area contributed by atoms with Crippen LogP contribution >= 0.6 is 0 Å². The zero-order chi connectivity index (χ0) is 21.8. The molecule has 0 bridgehead atoms. The van der Waals surface area contributed by atoms with Crippen LogP contribution in [0, 0.1) is 0 Å². The van der Waals surface area contributed by atoms with Crippen molar-refractivity contribution < 1.29 is 9.47 Å². The molecule has 1 aliphatic heterocycles. The molecule has 164 valence electrons. The molecule has 1 saturated heterocycles. The van der Waals surface area contributed by atoms with Gasteiger partial charge >= 0.3 is 0 Å². The van der Waals surface area contributed by atoms with E-state index in [0.717, 1.165) is 66.5 Å². The lowest BCUT2D eigenvalue weighted by atomic mass is 10.1. The molecule has 1 N–H and O–H groups in total. The average molecular weight is 428 g/mol. The van der Waals surface area contributed by atoms with Crippen LogP contribution in [0.25, 0.3) is 27.8 Å². The van der Waals surface area contributed by atoms with Gasteiger partial charge in [0.2, 0.25) is 0 Å². The lowest BCUT2D eigenvalue weighted by molar-refractivity contribution is 0.191. The first-order valence-corrected chi connectivity index (χ1v) is 11.2. The van der Waals surface area contributed by atoms with E-state index in [0.29, 0.717) is 6.61 Å². The third-order valence-corrected chi connectivity index (χ3v) is 6.06. The van der Waals surface area contributed by atoms with Crippen molar-refractivity contribution >= 4 is 10.9 Å². The van der Waals surface area contributed by atoms with Gasteiger partial charge in [0.15, 0.2) is 0 Å². The van der Waals surface area contributed by atoms with E-state index in [1.165, 1.54) is 5.56 Å².